The highest BCUT2D eigenvalue weighted by molar-refractivity contribution is 9.10. The lowest BCUT2D eigenvalue weighted by atomic mass is 9.76. The van der Waals surface area contributed by atoms with Crippen LogP contribution in [0.2, 0.25) is 0 Å². The summed E-state index contributed by atoms with van der Waals surface area (Å²) < 4.78 is 6.05. The van der Waals surface area contributed by atoms with Gasteiger partial charge in [-0.15, -0.1) is 0 Å². The average molecular weight is 398 g/mol. The van der Waals surface area contributed by atoms with Crippen LogP contribution in [0.15, 0.2) is 53.0 Å². The first kappa shape index (κ1) is 16.4. The number of benzene rings is 2. The second kappa shape index (κ2) is 6.34. The zero-order valence-electron chi connectivity index (χ0n) is 14.3. The molecule has 3 atom stereocenters. The Balaban J connectivity index is 1.85. The molecule has 0 amide bonds. The molecule has 1 N–H and O–H groups in total. The zero-order valence-corrected chi connectivity index (χ0v) is 15.8. The average Bonchev–Trinajstić information content (AvgIpc) is 3.11. The van der Waals surface area contributed by atoms with E-state index in [2.05, 4.69) is 57.7 Å². The summed E-state index contributed by atoms with van der Waals surface area (Å²) in [6, 6.07) is 12.5. The van der Waals surface area contributed by atoms with E-state index in [9.17, 15) is 4.79 Å². The van der Waals surface area contributed by atoms with Crippen LogP contribution in [0.4, 0.5) is 5.69 Å². The minimum atomic E-state index is -0.288. The third-order valence-corrected chi connectivity index (χ3v) is 6.17. The Morgan fingerprint density at radius 2 is 2.00 bits per heavy atom. The lowest BCUT2D eigenvalue weighted by molar-refractivity contribution is 0.0600. The van der Waals surface area contributed by atoms with Gasteiger partial charge in [0.1, 0.15) is 0 Å². The van der Waals surface area contributed by atoms with Crippen molar-refractivity contribution in [1.29, 1.82) is 0 Å². The summed E-state index contributed by atoms with van der Waals surface area (Å²) in [4.78, 5) is 12.1. The highest BCUT2D eigenvalue weighted by Crippen LogP contribution is 2.51. The van der Waals surface area contributed by atoms with Crippen LogP contribution < -0.4 is 5.32 Å². The molecule has 1 heterocycles. The summed E-state index contributed by atoms with van der Waals surface area (Å²) in [5.74, 6) is 0.567. The van der Waals surface area contributed by atoms with Crippen molar-refractivity contribution >= 4 is 27.6 Å². The van der Waals surface area contributed by atoms with Gasteiger partial charge in [0.25, 0.3) is 0 Å². The van der Waals surface area contributed by atoms with Crippen molar-refractivity contribution in [2.75, 3.05) is 12.4 Å². The Kier molecular flexibility index (Phi) is 4.16. The number of ether oxygens (including phenoxy) is 1. The number of carbonyl (C=O) groups excluding carboxylic acids is 1. The molecule has 25 heavy (non-hydrogen) atoms. The number of carbonyl (C=O) groups is 1. The molecule has 1 aliphatic carbocycles. The van der Waals surface area contributed by atoms with Crippen LogP contribution >= 0.6 is 15.9 Å². The van der Waals surface area contributed by atoms with Gasteiger partial charge in [-0.1, -0.05) is 52.3 Å². The largest absolute Gasteiger partial charge is 0.465 e. The van der Waals surface area contributed by atoms with E-state index in [0.717, 1.165) is 22.1 Å². The molecule has 2 aromatic carbocycles. The molecule has 4 heteroatoms. The van der Waals surface area contributed by atoms with Crippen LogP contribution in [-0.2, 0) is 4.74 Å². The number of hydrogen-bond donors (Lipinski definition) is 1. The second-order valence-corrected chi connectivity index (χ2v) is 7.55. The Bertz CT molecular complexity index is 874. The molecule has 0 fully saturated rings. The first-order valence-corrected chi connectivity index (χ1v) is 9.30. The van der Waals surface area contributed by atoms with Crippen LogP contribution in [0.25, 0.3) is 0 Å². The predicted octanol–water partition coefficient (Wildman–Crippen LogP) is 5.37. The number of fused-ring (bicyclic) bond motifs is 3. The van der Waals surface area contributed by atoms with Crippen molar-refractivity contribution < 1.29 is 9.53 Å². The van der Waals surface area contributed by atoms with E-state index in [1.807, 2.05) is 19.1 Å². The van der Waals surface area contributed by atoms with Gasteiger partial charge < -0.3 is 10.1 Å². The van der Waals surface area contributed by atoms with Gasteiger partial charge in [0.05, 0.1) is 18.7 Å². The summed E-state index contributed by atoms with van der Waals surface area (Å²) in [5.41, 5.74) is 5.18. The molecule has 2 aromatic rings. The van der Waals surface area contributed by atoms with E-state index in [4.69, 9.17) is 4.74 Å². The van der Waals surface area contributed by atoms with Gasteiger partial charge in [0.15, 0.2) is 0 Å². The summed E-state index contributed by atoms with van der Waals surface area (Å²) in [5, 5.41) is 3.74. The quantitative estimate of drug-likeness (QED) is 0.546. The summed E-state index contributed by atoms with van der Waals surface area (Å²) in [6.45, 7) is 1.99. The van der Waals surface area contributed by atoms with Gasteiger partial charge in [-0.25, -0.2) is 4.79 Å². The molecule has 0 saturated carbocycles. The maximum Gasteiger partial charge on any atom is 0.338 e. The molecule has 0 unspecified atom stereocenters. The van der Waals surface area contributed by atoms with Crippen molar-refractivity contribution in [2.24, 2.45) is 5.92 Å². The van der Waals surface area contributed by atoms with Gasteiger partial charge in [-0.05, 0) is 48.1 Å². The Morgan fingerprint density at radius 1 is 1.20 bits per heavy atom. The van der Waals surface area contributed by atoms with Crippen molar-refractivity contribution in [3.05, 3.63) is 75.3 Å². The molecule has 0 bridgehead atoms. The first-order valence-electron chi connectivity index (χ1n) is 8.51. The highest BCUT2D eigenvalue weighted by atomic mass is 79.9. The minimum absolute atomic E-state index is 0.203. The highest BCUT2D eigenvalue weighted by Gasteiger charge is 2.39. The number of allylic oxidation sites excluding steroid dienone is 2. The summed E-state index contributed by atoms with van der Waals surface area (Å²) >= 11 is 3.70. The van der Waals surface area contributed by atoms with Crippen LogP contribution in [0, 0.1) is 12.8 Å². The number of anilines is 1. The first-order chi connectivity index (χ1) is 12.1. The fraction of sp³-hybridized carbons (Fsp3) is 0.286. The van der Waals surface area contributed by atoms with Crippen molar-refractivity contribution in [2.45, 2.75) is 25.3 Å². The third kappa shape index (κ3) is 2.60. The number of esters is 1. The van der Waals surface area contributed by atoms with Gasteiger partial charge in [0, 0.05) is 16.1 Å². The lowest BCUT2D eigenvalue weighted by Crippen LogP contribution is -2.30. The Morgan fingerprint density at radius 3 is 2.76 bits per heavy atom. The van der Waals surface area contributed by atoms with Crippen molar-refractivity contribution in [1.82, 2.24) is 0 Å². The summed E-state index contributed by atoms with van der Waals surface area (Å²) in [6.07, 6.45) is 5.64. The molecule has 0 spiro atoms. The molecular formula is C21H20BrNO2. The van der Waals surface area contributed by atoms with E-state index in [0.29, 0.717) is 17.4 Å². The van der Waals surface area contributed by atoms with Crippen LogP contribution in [0.1, 0.15) is 45.4 Å². The SMILES string of the molecule is COC(=O)c1ccc2c(c1C)N[C@@H](c1ccccc1Br)[C@H]1CC=C[C@H]21. The smallest absolute Gasteiger partial charge is 0.338 e. The zero-order chi connectivity index (χ0) is 17.6. The van der Waals surface area contributed by atoms with Crippen molar-refractivity contribution in [3.8, 4) is 0 Å². The fourth-order valence-corrected chi connectivity index (χ4v) is 4.71. The van der Waals surface area contributed by atoms with E-state index in [-0.39, 0.29) is 12.0 Å². The second-order valence-electron chi connectivity index (χ2n) is 6.69. The molecule has 0 aromatic heterocycles. The number of halogens is 1. The maximum absolute atomic E-state index is 12.1. The van der Waals surface area contributed by atoms with Gasteiger partial charge in [0.2, 0.25) is 0 Å². The lowest BCUT2D eigenvalue weighted by Gasteiger charge is -2.39. The Labute approximate surface area is 156 Å². The predicted molar refractivity (Wildman–Crippen MR) is 103 cm³/mol. The monoisotopic (exact) mass is 397 g/mol. The van der Waals surface area contributed by atoms with Gasteiger partial charge in [-0.3, -0.25) is 0 Å². The molecule has 128 valence electrons. The van der Waals surface area contributed by atoms with Gasteiger partial charge >= 0.3 is 5.97 Å². The molecular weight excluding hydrogens is 378 g/mol. The number of methoxy groups -OCH3 is 1. The maximum atomic E-state index is 12.1. The van der Waals surface area contributed by atoms with E-state index in [1.54, 1.807) is 0 Å². The fourth-order valence-electron chi connectivity index (χ4n) is 4.18. The molecule has 1 aliphatic heterocycles. The number of rotatable bonds is 2. The van der Waals surface area contributed by atoms with E-state index < -0.39 is 0 Å². The molecule has 0 radical (unpaired) electrons. The normalized spacial score (nSPS) is 23.6. The molecule has 0 saturated heterocycles. The Hall–Kier alpha value is -2.07. The van der Waals surface area contributed by atoms with E-state index in [1.165, 1.54) is 18.2 Å². The van der Waals surface area contributed by atoms with Crippen LogP contribution in [0.5, 0.6) is 0 Å². The van der Waals surface area contributed by atoms with Gasteiger partial charge in [-0.2, -0.15) is 0 Å². The molecule has 3 nitrogen and oxygen atoms in total. The number of nitrogens with one attached hydrogen (secondary N) is 1. The number of hydrogen-bond acceptors (Lipinski definition) is 3. The van der Waals surface area contributed by atoms with Crippen molar-refractivity contribution in [3.63, 3.8) is 0 Å². The minimum Gasteiger partial charge on any atom is -0.465 e. The topological polar surface area (TPSA) is 38.3 Å². The summed E-state index contributed by atoms with van der Waals surface area (Å²) in [7, 11) is 1.42. The third-order valence-electron chi connectivity index (χ3n) is 5.44. The van der Waals surface area contributed by atoms with Crippen LogP contribution in [-0.4, -0.2) is 13.1 Å². The molecule has 2 aliphatic rings. The van der Waals surface area contributed by atoms with E-state index >= 15 is 0 Å². The molecule has 4 rings (SSSR count). The standard InChI is InChI=1S/C21H20BrNO2/c1-12-13(21(24)25-2)10-11-16-14-7-5-8-15(14)20(23-19(12)16)17-6-3-4-9-18(17)22/h3-7,9-11,14-15,20,23H,8H2,1-2H3/t14-,15-,20+/m0/s1. The van der Waals surface area contributed by atoms with Crippen LogP contribution in [0.3, 0.4) is 0 Å².